The van der Waals surface area contributed by atoms with E-state index in [2.05, 4.69) is 23.6 Å². The van der Waals surface area contributed by atoms with Gasteiger partial charge in [0.15, 0.2) is 5.16 Å². The lowest BCUT2D eigenvalue weighted by Crippen LogP contribution is -2.37. The molecule has 1 amide bonds. The minimum Gasteiger partial charge on any atom is -0.316 e. The van der Waals surface area contributed by atoms with Crippen LogP contribution in [0.4, 0.5) is 5.69 Å². The third-order valence-electron chi connectivity index (χ3n) is 6.39. The van der Waals surface area contributed by atoms with Crippen LogP contribution in [-0.2, 0) is 11.2 Å². The molecule has 1 atom stereocenters. The van der Waals surface area contributed by atoms with Gasteiger partial charge in [-0.05, 0) is 55.5 Å². The van der Waals surface area contributed by atoms with Crippen LogP contribution in [0.15, 0.2) is 59.9 Å². The van der Waals surface area contributed by atoms with E-state index in [9.17, 15) is 4.79 Å². The Morgan fingerprint density at radius 1 is 1.13 bits per heavy atom. The summed E-state index contributed by atoms with van der Waals surface area (Å²) in [5.74, 6) is 0.541. The predicted molar refractivity (Wildman–Crippen MR) is 128 cm³/mol. The van der Waals surface area contributed by atoms with Crippen molar-refractivity contribution in [2.24, 2.45) is 0 Å². The number of benzene rings is 2. The molecular formula is C25H26ClN3OS. The van der Waals surface area contributed by atoms with Crippen LogP contribution < -0.4 is 4.90 Å². The number of hydrogen-bond acceptors (Lipinski definition) is 3. The van der Waals surface area contributed by atoms with Crippen LogP contribution >= 0.6 is 23.4 Å². The van der Waals surface area contributed by atoms with Crippen molar-refractivity contribution < 1.29 is 4.79 Å². The summed E-state index contributed by atoms with van der Waals surface area (Å²) in [6.45, 7) is 2.13. The molecule has 1 saturated carbocycles. The van der Waals surface area contributed by atoms with E-state index in [1.807, 2.05) is 47.5 Å². The van der Waals surface area contributed by atoms with Crippen molar-refractivity contribution in [2.75, 3.05) is 10.7 Å². The minimum absolute atomic E-state index is 0.150. The number of carbonyl (C=O) groups excluding carboxylic acids is 1. The number of anilines is 1. The molecule has 5 rings (SSSR count). The number of carbonyl (C=O) groups is 1. The number of halogens is 1. The molecule has 2 heterocycles. The van der Waals surface area contributed by atoms with Crippen molar-refractivity contribution >= 4 is 35.0 Å². The van der Waals surface area contributed by atoms with Gasteiger partial charge >= 0.3 is 0 Å². The van der Waals surface area contributed by atoms with Gasteiger partial charge < -0.3 is 9.47 Å². The van der Waals surface area contributed by atoms with Crippen molar-refractivity contribution in [2.45, 2.75) is 56.3 Å². The van der Waals surface area contributed by atoms with E-state index in [4.69, 9.17) is 16.6 Å². The van der Waals surface area contributed by atoms with Crippen LogP contribution in [0.3, 0.4) is 0 Å². The van der Waals surface area contributed by atoms with Crippen LogP contribution in [0, 0.1) is 0 Å². The summed E-state index contributed by atoms with van der Waals surface area (Å²) in [6, 6.07) is 16.8. The van der Waals surface area contributed by atoms with Crippen molar-refractivity contribution in [1.29, 1.82) is 0 Å². The number of rotatable bonds is 5. The van der Waals surface area contributed by atoms with Gasteiger partial charge in [0.05, 0.1) is 17.6 Å². The number of thioether (sulfide) groups is 1. The van der Waals surface area contributed by atoms with Gasteiger partial charge in [-0.3, -0.25) is 4.79 Å². The highest BCUT2D eigenvalue weighted by Crippen LogP contribution is 2.38. The Hall–Kier alpha value is -2.24. The lowest BCUT2D eigenvalue weighted by Gasteiger charge is -2.23. The second-order valence-corrected chi connectivity index (χ2v) is 9.85. The van der Waals surface area contributed by atoms with Gasteiger partial charge in [-0.2, -0.15) is 0 Å². The lowest BCUT2D eigenvalue weighted by molar-refractivity contribution is -0.116. The van der Waals surface area contributed by atoms with Crippen LogP contribution in [-0.4, -0.2) is 27.3 Å². The molecule has 1 aliphatic carbocycles. The van der Waals surface area contributed by atoms with Crippen LogP contribution in [0.5, 0.6) is 0 Å². The molecule has 1 aromatic heterocycles. The maximum absolute atomic E-state index is 13.2. The third-order valence-corrected chi connectivity index (χ3v) is 7.60. The topological polar surface area (TPSA) is 38.1 Å². The van der Waals surface area contributed by atoms with E-state index < -0.39 is 0 Å². The first-order valence-corrected chi connectivity index (χ1v) is 12.3. The largest absolute Gasteiger partial charge is 0.316 e. The Bertz CT molecular complexity index is 1090. The monoisotopic (exact) mass is 451 g/mol. The summed E-state index contributed by atoms with van der Waals surface area (Å²) in [5, 5.41) is 1.67. The summed E-state index contributed by atoms with van der Waals surface area (Å²) in [6.07, 6.45) is 7.68. The Balaban J connectivity index is 1.39. The van der Waals surface area contributed by atoms with Crippen molar-refractivity contribution in [1.82, 2.24) is 9.55 Å². The number of fused-ring (bicyclic) bond motifs is 1. The highest BCUT2D eigenvalue weighted by molar-refractivity contribution is 7.99. The Morgan fingerprint density at radius 3 is 2.65 bits per heavy atom. The first-order chi connectivity index (χ1) is 15.1. The summed E-state index contributed by atoms with van der Waals surface area (Å²) < 4.78 is 2.36. The molecule has 0 radical (unpaired) electrons. The highest BCUT2D eigenvalue weighted by Gasteiger charge is 2.31. The number of hydrogen-bond donors (Lipinski definition) is 0. The average Bonchev–Trinajstić information content (AvgIpc) is 3.50. The van der Waals surface area contributed by atoms with Crippen LogP contribution in [0.25, 0.3) is 11.3 Å². The summed E-state index contributed by atoms with van der Waals surface area (Å²) in [7, 11) is 0. The summed E-state index contributed by atoms with van der Waals surface area (Å²) in [5.41, 5.74) is 4.54. The van der Waals surface area contributed by atoms with Gasteiger partial charge in [-0.25, -0.2) is 4.98 Å². The lowest BCUT2D eigenvalue weighted by atomic mass is 10.1. The molecule has 0 bridgehead atoms. The molecule has 0 N–H and O–H groups in total. The standard InChI is InChI=1S/C25H26ClN3OS/c1-17-14-19-6-2-5-9-22(19)28(17)24(30)16-31-25-27-15-23(18-10-12-20(26)13-11-18)29(25)21-7-3-4-8-21/h2,5-6,9-13,15,17,21H,3-4,7-8,14,16H2,1H3. The van der Waals surface area contributed by atoms with E-state index >= 15 is 0 Å². The number of imidazole rings is 1. The van der Waals surface area contributed by atoms with Crippen molar-refractivity contribution in [3.05, 3.63) is 65.3 Å². The molecule has 2 aliphatic rings. The molecule has 160 valence electrons. The quantitative estimate of drug-likeness (QED) is 0.422. The average molecular weight is 452 g/mol. The molecule has 1 fully saturated rings. The molecule has 0 saturated heterocycles. The van der Waals surface area contributed by atoms with Gasteiger partial charge in [0.25, 0.3) is 0 Å². The predicted octanol–water partition coefficient (Wildman–Crippen LogP) is 6.39. The fraction of sp³-hybridized carbons (Fsp3) is 0.360. The molecule has 2 aromatic carbocycles. The number of aromatic nitrogens is 2. The zero-order valence-electron chi connectivity index (χ0n) is 17.6. The number of amides is 1. The van der Waals surface area contributed by atoms with Crippen molar-refractivity contribution in [3.63, 3.8) is 0 Å². The zero-order chi connectivity index (χ0) is 21.4. The maximum atomic E-state index is 13.2. The summed E-state index contributed by atoms with van der Waals surface area (Å²) >= 11 is 7.66. The fourth-order valence-electron chi connectivity index (χ4n) is 4.94. The van der Waals surface area contributed by atoms with E-state index in [-0.39, 0.29) is 11.9 Å². The first kappa shape index (κ1) is 20.7. The van der Waals surface area contributed by atoms with Gasteiger partial charge in [0, 0.05) is 22.8 Å². The number of nitrogens with zero attached hydrogens (tertiary/aromatic N) is 3. The van der Waals surface area contributed by atoms with Crippen LogP contribution in [0.2, 0.25) is 5.02 Å². The van der Waals surface area contributed by atoms with E-state index in [1.54, 1.807) is 11.8 Å². The van der Waals surface area contributed by atoms with Gasteiger partial charge in [-0.1, -0.05) is 66.5 Å². The molecule has 4 nitrogen and oxygen atoms in total. The molecule has 31 heavy (non-hydrogen) atoms. The molecular weight excluding hydrogens is 426 g/mol. The Labute approximate surface area is 192 Å². The Kier molecular flexibility index (Phi) is 5.81. The van der Waals surface area contributed by atoms with Gasteiger partial charge in [-0.15, -0.1) is 0 Å². The van der Waals surface area contributed by atoms with Gasteiger partial charge in [0.2, 0.25) is 5.91 Å². The first-order valence-electron chi connectivity index (χ1n) is 11.0. The second-order valence-electron chi connectivity index (χ2n) is 8.48. The minimum atomic E-state index is 0.150. The smallest absolute Gasteiger partial charge is 0.237 e. The van der Waals surface area contributed by atoms with E-state index in [0.717, 1.165) is 46.4 Å². The van der Waals surface area contributed by atoms with Crippen molar-refractivity contribution in [3.8, 4) is 11.3 Å². The maximum Gasteiger partial charge on any atom is 0.237 e. The SMILES string of the molecule is CC1Cc2ccccc2N1C(=O)CSc1ncc(-c2ccc(Cl)cc2)n1C1CCCC1. The van der Waals surface area contributed by atoms with E-state index in [0.29, 0.717) is 11.8 Å². The molecule has 1 aliphatic heterocycles. The van der Waals surface area contributed by atoms with E-state index in [1.165, 1.54) is 18.4 Å². The fourth-order valence-corrected chi connectivity index (χ4v) is 5.97. The van der Waals surface area contributed by atoms with Crippen LogP contribution in [0.1, 0.15) is 44.2 Å². The number of para-hydroxylation sites is 1. The summed E-state index contributed by atoms with van der Waals surface area (Å²) in [4.78, 5) is 19.9. The zero-order valence-corrected chi connectivity index (χ0v) is 19.2. The molecule has 0 spiro atoms. The normalized spacial score (nSPS) is 18.5. The molecule has 1 unspecified atom stereocenters. The molecule has 3 aromatic rings. The second kappa shape index (κ2) is 8.71. The Morgan fingerprint density at radius 2 is 1.87 bits per heavy atom. The highest BCUT2D eigenvalue weighted by atomic mass is 35.5. The molecule has 6 heteroatoms. The third kappa shape index (κ3) is 4.01. The van der Waals surface area contributed by atoms with Gasteiger partial charge in [0.1, 0.15) is 0 Å².